The number of rotatable bonds is 7. The molecule has 1 N–H and O–H groups in total. The number of nitrogens with zero attached hydrogens (tertiary/aromatic N) is 4. The molecule has 0 spiro atoms. The third-order valence-corrected chi connectivity index (χ3v) is 6.51. The van der Waals surface area contributed by atoms with Crippen molar-refractivity contribution in [1.29, 1.82) is 0 Å². The SMILES string of the molecule is COCCNC(=O)c1cc(N2CCCC2=O)ccc1C(=O)N1CCN(c2ncc(C)cc2C)CC1. The number of hydrogen-bond acceptors (Lipinski definition) is 6. The minimum atomic E-state index is -0.350. The summed E-state index contributed by atoms with van der Waals surface area (Å²) >= 11 is 0. The first kappa shape index (κ1) is 24.7. The zero-order chi connectivity index (χ0) is 24.9. The summed E-state index contributed by atoms with van der Waals surface area (Å²) in [5.74, 6) is 0.443. The van der Waals surface area contributed by atoms with Gasteiger partial charge in [-0.1, -0.05) is 6.07 Å². The average molecular weight is 480 g/mol. The van der Waals surface area contributed by atoms with E-state index in [0.717, 1.165) is 23.4 Å². The number of amides is 3. The smallest absolute Gasteiger partial charge is 0.254 e. The van der Waals surface area contributed by atoms with Gasteiger partial charge in [0.25, 0.3) is 11.8 Å². The number of nitrogens with one attached hydrogen (secondary N) is 1. The molecule has 1 aromatic heterocycles. The van der Waals surface area contributed by atoms with Crippen molar-refractivity contribution < 1.29 is 19.1 Å². The fraction of sp³-hybridized carbons (Fsp3) is 0.462. The van der Waals surface area contributed by atoms with E-state index >= 15 is 0 Å². The van der Waals surface area contributed by atoms with Crippen LogP contribution in [-0.2, 0) is 9.53 Å². The summed E-state index contributed by atoms with van der Waals surface area (Å²) in [7, 11) is 1.56. The van der Waals surface area contributed by atoms with Crippen molar-refractivity contribution in [3.05, 3.63) is 52.7 Å². The number of pyridine rings is 1. The van der Waals surface area contributed by atoms with Gasteiger partial charge in [-0.15, -0.1) is 0 Å². The van der Waals surface area contributed by atoms with Crippen LogP contribution in [0, 0.1) is 13.8 Å². The third-order valence-electron chi connectivity index (χ3n) is 6.51. The molecule has 9 nitrogen and oxygen atoms in total. The maximum absolute atomic E-state index is 13.5. The maximum Gasteiger partial charge on any atom is 0.254 e. The monoisotopic (exact) mass is 479 g/mol. The summed E-state index contributed by atoms with van der Waals surface area (Å²) in [6.07, 6.45) is 3.14. The second kappa shape index (κ2) is 10.9. The van der Waals surface area contributed by atoms with Crippen LogP contribution in [0.25, 0.3) is 0 Å². The number of benzene rings is 1. The molecule has 0 radical (unpaired) electrons. The number of anilines is 2. The number of methoxy groups -OCH3 is 1. The molecule has 2 fully saturated rings. The van der Waals surface area contributed by atoms with Gasteiger partial charge in [0.15, 0.2) is 0 Å². The summed E-state index contributed by atoms with van der Waals surface area (Å²) in [5.41, 5.74) is 3.50. The lowest BCUT2D eigenvalue weighted by Gasteiger charge is -2.36. The lowest BCUT2D eigenvalue weighted by molar-refractivity contribution is -0.117. The quantitative estimate of drug-likeness (QED) is 0.612. The molecule has 0 unspecified atom stereocenters. The molecule has 3 amide bonds. The molecule has 0 bridgehead atoms. The normalized spacial score (nSPS) is 16.1. The van der Waals surface area contributed by atoms with E-state index in [4.69, 9.17) is 4.74 Å². The molecule has 2 aliphatic heterocycles. The van der Waals surface area contributed by atoms with Gasteiger partial charge in [0.1, 0.15) is 5.82 Å². The molecular formula is C26H33N5O4. The van der Waals surface area contributed by atoms with Crippen molar-refractivity contribution in [2.24, 2.45) is 0 Å². The lowest BCUT2D eigenvalue weighted by atomic mass is 10.0. The van der Waals surface area contributed by atoms with Gasteiger partial charge in [-0.25, -0.2) is 4.98 Å². The van der Waals surface area contributed by atoms with Crippen molar-refractivity contribution in [2.45, 2.75) is 26.7 Å². The summed E-state index contributed by atoms with van der Waals surface area (Å²) < 4.78 is 5.03. The molecule has 1 aromatic carbocycles. The number of piperazine rings is 1. The van der Waals surface area contributed by atoms with Crippen LogP contribution in [0.1, 0.15) is 44.7 Å². The fourth-order valence-corrected chi connectivity index (χ4v) is 4.69. The molecule has 4 rings (SSSR count). The molecule has 0 saturated carbocycles. The van der Waals surface area contributed by atoms with Gasteiger partial charge in [0, 0.05) is 64.7 Å². The lowest BCUT2D eigenvalue weighted by Crippen LogP contribution is -2.49. The third kappa shape index (κ3) is 5.45. The molecule has 35 heavy (non-hydrogen) atoms. The Morgan fingerprint density at radius 3 is 2.49 bits per heavy atom. The Balaban J connectivity index is 1.53. The first-order chi connectivity index (χ1) is 16.9. The van der Waals surface area contributed by atoms with Gasteiger partial charge < -0.3 is 24.8 Å². The maximum atomic E-state index is 13.5. The van der Waals surface area contributed by atoms with Gasteiger partial charge in [0.2, 0.25) is 5.91 Å². The molecule has 2 aromatic rings. The average Bonchev–Trinajstić information content (AvgIpc) is 3.29. The Morgan fingerprint density at radius 1 is 1.06 bits per heavy atom. The van der Waals surface area contributed by atoms with Crippen LogP contribution in [0.4, 0.5) is 11.5 Å². The highest BCUT2D eigenvalue weighted by Crippen LogP contribution is 2.26. The highest BCUT2D eigenvalue weighted by atomic mass is 16.5. The second-order valence-corrected chi connectivity index (χ2v) is 9.06. The number of hydrogen-bond donors (Lipinski definition) is 1. The molecule has 0 atom stereocenters. The number of carbonyl (C=O) groups is 3. The number of aromatic nitrogens is 1. The summed E-state index contributed by atoms with van der Waals surface area (Å²) in [6.45, 7) is 7.78. The zero-order valence-electron chi connectivity index (χ0n) is 20.7. The first-order valence-corrected chi connectivity index (χ1v) is 12.1. The molecule has 2 saturated heterocycles. The topological polar surface area (TPSA) is 95.1 Å². The van der Waals surface area contributed by atoms with Crippen molar-refractivity contribution >= 4 is 29.2 Å². The molecule has 2 aliphatic rings. The Bertz CT molecular complexity index is 1110. The molecule has 0 aliphatic carbocycles. The van der Waals surface area contributed by atoms with Crippen LogP contribution in [0.2, 0.25) is 0 Å². The van der Waals surface area contributed by atoms with Crippen LogP contribution in [0.5, 0.6) is 0 Å². The Kier molecular flexibility index (Phi) is 7.65. The van der Waals surface area contributed by atoms with Crippen LogP contribution >= 0.6 is 0 Å². The fourth-order valence-electron chi connectivity index (χ4n) is 4.69. The van der Waals surface area contributed by atoms with E-state index in [0.29, 0.717) is 63.5 Å². The van der Waals surface area contributed by atoms with Crippen LogP contribution in [-0.4, -0.2) is 80.6 Å². The first-order valence-electron chi connectivity index (χ1n) is 12.1. The van der Waals surface area contributed by atoms with Crippen molar-refractivity contribution in [1.82, 2.24) is 15.2 Å². The van der Waals surface area contributed by atoms with E-state index in [1.54, 1.807) is 35.1 Å². The number of ether oxygens (including phenoxy) is 1. The largest absolute Gasteiger partial charge is 0.383 e. The Hall–Kier alpha value is -3.46. The molecule has 186 valence electrons. The van der Waals surface area contributed by atoms with E-state index in [-0.39, 0.29) is 23.3 Å². The van der Waals surface area contributed by atoms with E-state index in [1.165, 1.54) is 0 Å². The van der Waals surface area contributed by atoms with Crippen LogP contribution < -0.4 is 15.1 Å². The van der Waals surface area contributed by atoms with E-state index in [1.807, 2.05) is 20.0 Å². The standard InChI is InChI=1S/C26H33N5O4/c1-18-15-19(2)24(28-17-18)29-10-12-30(13-11-29)26(34)21-7-6-20(31-9-4-5-23(31)32)16-22(21)25(33)27-8-14-35-3/h6-7,15-17H,4-5,8-14H2,1-3H3,(H,27,33). The zero-order valence-corrected chi connectivity index (χ0v) is 20.7. The van der Waals surface area contributed by atoms with Crippen molar-refractivity contribution in [2.75, 3.05) is 62.8 Å². The summed E-state index contributed by atoms with van der Waals surface area (Å²) in [5, 5.41) is 2.81. The Morgan fingerprint density at radius 2 is 1.83 bits per heavy atom. The van der Waals surface area contributed by atoms with Crippen molar-refractivity contribution in [3.8, 4) is 0 Å². The predicted octanol–water partition coefficient (Wildman–Crippen LogP) is 2.16. The van der Waals surface area contributed by atoms with E-state index < -0.39 is 0 Å². The van der Waals surface area contributed by atoms with Gasteiger partial charge in [-0.05, 0) is 49.6 Å². The molecule has 9 heteroatoms. The van der Waals surface area contributed by atoms with Crippen molar-refractivity contribution in [3.63, 3.8) is 0 Å². The molecular weight excluding hydrogens is 446 g/mol. The van der Waals surface area contributed by atoms with Gasteiger partial charge in [0.05, 0.1) is 17.7 Å². The van der Waals surface area contributed by atoms with E-state index in [9.17, 15) is 14.4 Å². The van der Waals surface area contributed by atoms with Gasteiger partial charge in [-0.3, -0.25) is 14.4 Å². The number of aryl methyl sites for hydroxylation is 2. The number of carbonyl (C=O) groups excluding carboxylic acids is 3. The molecule has 3 heterocycles. The van der Waals surface area contributed by atoms with Gasteiger partial charge >= 0.3 is 0 Å². The minimum absolute atomic E-state index is 0.0333. The van der Waals surface area contributed by atoms with Crippen LogP contribution in [0.15, 0.2) is 30.5 Å². The Labute approximate surface area is 206 Å². The predicted molar refractivity (Wildman–Crippen MR) is 134 cm³/mol. The second-order valence-electron chi connectivity index (χ2n) is 9.06. The summed E-state index contributed by atoms with van der Waals surface area (Å²) in [4.78, 5) is 49.0. The van der Waals surface area contributed by atoms with Gasteiger partial charge in [-0.2, -0.15) is 0 Å². The minimum Gasteiger partial charge on any atom is -0.383 e. The summed E-state index contributed by atoms with van der Waals surface area (Å²) in [6, 6.07) is 7.21. The highest BCUT2D eigenvalue weighted by molar-refractivity contribution is 6.08. The van der Waals surface area contributed by atoms with Crippen LogP contribution in [0.3, 0.4) is 0 Å². The highest BCUT2D eigenvalue weighted by Gasteiger charge is 2.29. The van der Waals surface area contributed by atoms with E-state index in [2.05, 4.69) is 21.3 Å².